The average molecular weight is 268 g/mol. The van der Waals surface area contributed by atoms with Gasteiger partial charge in [-0.2, -0.15) is 0 Å². The van der Waals surface area contributed by atoms with Crippen LogP contribution in [0, 0.1) is 6.92 Å². The van der Waals surface area contributed by atoms with Gasteiger partial charge in [0.2, 0.25) is 5.95 Å². The van der Waals surface area contributed by atoms with E-state index in [0.717, 1.165) is 57.3 Å². The fraction of sp³-hybridized carbons (Fsp3) is 0.786. The summed E-state index contributed by atoms with van der Waals surface area (Å²) in [5.74, 6) is 0.979. The summed E-state index contributed by atoms with van der Waals surface area (Å²) in [7, 11) is 4.21. The highest BCUT2D eigenvalue weighted by Crippen LogP contribution is 2.09. The van der Waals surface area contributed by atoms with E-state index in [1.807, 2.05) is 13.8 Å². The molecule has 19 heavy (non-hydrogen) atoms. The predicted octanol–water partition coefficient (Wildman–Crippen LogP) is 1.98. The van der Waals surface area contributed by atoms with Gasteiger partial charge in [-0.1, -0.05) is 0 Å². The van der Waals surface area contributed by atoms with Crippen molar-refractivity contribution in [2.24, 2.45) is 0 Å². The lowest BCUT2D eigenvalue weighted by Crippen LogP contribution is -2.16. The SMILES string of the molecule is CCOCCCNc1nc(C)cn1CCCN(C)C. The van der Waals surface area contributed by atoms with Crippen molar-refractivity contribution in [3.63, 3.8) is 0 Å². The summed E-state index contributed by atoms with van der Waals surface area (Å²) in [4.78, 5) is 6.73. The maximum Gasteiger partial charge on any atom is 0.203 e. The third kappa shape index (κ3) is 6.59. The number of nitrogens with one attached hydrogen (secondary N) is 1. The van der Waals surface area contributed by atoms with Gasteiger partial charge in [-0.25, -0.2) is 4.98 Å². The summed E-state index contributed by atoms with van der Waals surface area (Å²) in [5.41, 5.74) is 1.07. The topological polar surface area (TPSA) is 42.3 Å². The smallest absolute Gasteiger partial charge is 0.203 e. The van der Waals surface area contributed by atoms with E-state index in [1.54, 1.807) is 0 Å². The highest BCUT2D eigenvalue weighted by Gasteiger charge is 2.04. The summed E-state index contributed by atoms with van der Waals surface area (Å²) in [5, 5.41) is 3.39. The highest BCUT2D eigenvalue weighted by atomic mass is 16.5. The molecule has 0 radical (unpaired) electrons. The van der Waals surface area contributed by atoms with Gasteiger partial charge in [0.15, 0.2) is 0 Å². The number of aromatic nitrogens is 2. The molecule has 5 heteroatoms. The van der Waals surface area contributed by atoms with E-state index in [1.165, 1.54) is 0 Å². The van der Waals surface area contributed by atoms with Crippen molar-refractivity contribution in [3.8, 4) is 0 Å². The van der Waals surface area contributed by atoms with Crippen molar-refractivity contribution in [1.82, 2.24) is 14.5 Å². The Bertz CT molecular complexity index is 349. The molecule has 1 aromatic rings. The van der Waals surface area contributed by atoms with Crippen LogP contribution in [0.3, 0.4) is 0 Å². The first-order valence-corrected chi connectivity index (χ1v) is 7.13. The lowest BCUT2D eigenvalue weighted by atomic mass is 10.4. The minimum absolute atomic E-state index is 0.790. The van der Waals surface area contributed by atoms with Gasteiger partial charge in [-0.15, -0.1) is 0 Å². The van der Waals surface area contributed by atoms with Crippen LogP contribution in [0.4, 0.5) is 5.95 Å². The minimum Gasteiger partial charge on any atom is -0.382 e. The monoisotopic (exact) mass is 268 g/mol. The quantitative estimate of drug-likeness (QED) is 0.659. The summed E-state index contributed by atoms with van der Waals surface area (Å²) in [6.07, 6.45) is 4.26. The number of imidazole rings is 1. The van der Waals surface area contributed by atoms with Crippen molar-refractivity contribution in [2.75, 3.05) is 45.7 Å². The molecule has 0 saturated heterocycles. The van der Waals surface area contributed by atoms with E-state index in [0.29, 0.717) is 0 Å². The molecule has 0 saturated carbocycles. The zero-order chi connectivity index (χ0) is 14.1. The number of hydrogen-bond donors (Lipinski definition) is 1. The van der Waals surface area contributed by atoms with E-state index < -0.39 is 0 Å². The summed E-state index contributed by atoms with van der Waals surface area (Å²) in [6, 6.07) is 0. The zero-order valence-corrected chi connectivity index (χ0v) is 12.8. The molecule has 0 unspecified atom stereocenters. The maximum absolute atomic E-state index is 5.33. The number of anilines is 1. The molecule has 0 bridgehead atoms. The van der Waals surface area contributed by atoms with E-state index in [-0.39, 0.29) is 0 Å². The number of rotatable bonds is 10. The minimum atomic E-state index is 0.790. The van der Waals surface area contributed by atoms with Crippen molar-refractivity contribution in [1.29, 1.82) is 0 Å². The van der Waals surface area contributed by atoms with Crippen molar-refractivity contribution in [2.45, 2.75) is 33.2 Å². The second-order valence-corrected chi connectivity index (χ2v) is 5.03. The lowest BCUT2D eigenvalue weighted by Gasteiger charge is -2.12. The highest BCUT2D eigenvalue weighted by molar-refractivity contribution is 5.28. The van der Waals surface area contributed by atoms with Crippen LogP contribution >= 0.6 is 0 Å². The van der Waals surface area contributed by atoms with Gasteiger partial charge >= 0.3 is 0 Å². The van der Waals surface area contributed by atoms with E-state index in [2.05, 4.69) is 40.1 Å². The Morgan fingerprint density at radius 3 is 2.84 bits per heavy atom. The Morgan fingerprint density at radius 2 is 2.16 bits per heavy atom. The predicted molar refractivity (Wildman–Crippen MR) is 79.7 cm³/mol. The molecule has 5 nitrogen and oxygen atoms in total. The van der Waals surface area contributed by atoms with Crippen LogP contribution in [0.1, 0.15) is 25.5 Å². The Kier molecular flexibility index (Phi) is 7.52. The zero-order valence-electron chi connectivity index (χ0n) is 12.8. The Labute approximate surface area is 117 Å². The molecule has 110 valence electrons. The van der Waals surface area contributed by atoms with Gasteiger partial charge in [-0.3, -0.25) is 0 Å². The van der Waals surface area contributed by atoms with Crippen molar-refractivity contribution >= 4 is 5.95 Å². The molecule has 0 spiro atoms. The number of ether oxygens (including phenoxy) is 1. The molecule has 0 amide bonds. The molecule has 1 heterocycles. The molecular weight excluding hydrogens is 240 g/mol. The first-order valence-electron chi connectivity index (χ1n) is 7.13. The van der Waals surface area contributed by atoms with Gasteiger partial charge in [0, 0.05) is 32.5 Å². The maximum atomic E-state index is 5.33. The van der Waals surface area contributed by atoms with Crippen LogP contribution in [0.15, 0.2) is 6.20 Å². The van der Waals surface area contributed by atoms with Crippen LogP contribution in [0.25, 0.3) is 0 Å². The first-order chi connectivity index (χ1) is 9.13. The van der Waals surface area contributed by atoms with Crippen LogP contribution in [-0.4, -0.2) is 54.8 Å². The average Bonchev–Trinajstić information content (AvgIpc) is 2.69. The molecule has 0 fully saturated rings. The van der Waals surface area contributed by atoms with Crippen LogP contribution in [0.2, 0.25) is 0 Å². The Balaban J connectivity index is 2.35. The van der Waals surface area contributed by atoms with E-state index in [9.17, 15) is 0 Å². The third-order valence-corrected chi connectivity index (χ3v) is 2.85. The van der Waals surface area contributed by atoms with Crippen molar-refractivity contribution < 1.29 is 4.74 Å². The van der Waals surface area contributed by atoms with Gasteiger partial charge in [0.1, 0.15) is 0 Å². The lowest BCUT2D eigenvalue weighted by molar-refractivity contribution is 0.147. The second-order valence-electron chi connectivity index (χ2n) is 5.03. The Morgan fingerprint density at radius 1 is 1.37 bits per heavy atom. The fourth-order valence-corrected chi connectivity index (χ4v) is 1.93. The molecule has 0 aromatic carbocycles. The van der Waals surface area contributed by atoms with E-state index in [4.69, 9.17) is 4.74 Å². The molecule has 1 N–H and O–H groups in total. The van der Waals surface area contributed by atoms with E-state index >= 15 is 0 Å². The van der Waals surface area contributed by atoms with Crippen LogP contribution in [-0.2, 0) is 11.3 Å². The summed E-state index contributed by atoms with van der Waals surface area (Å²) < 4.78 is 7.53. The molecule has 0 aliphatic heterocycles. The van der Waals surface area contributed by atoms with Crippen molar-refractivity contribution in [3.05, 3.63) is 11.9 Å². The van der Waals surface area contributed by atoms with Crippen LogP contribution in [0.5, 0.6) is 0 Å². The summed E-state index contributed by atoms with van der Waals surface area (Å²) in [6.45, 7) is 8.67. The largest absolute Gasteiger partial charge is 0.382 e. The molecule has 0 atom stereocenters. The number of nitrogens with zero attached hydrogens (tertiary/aromatic N) is 3. The van der Waals surface area contributed by atoms with Gasteiger partial charge in [0.05, 0.1) is 5.69 Å². The van der Waals surface area contributed by atoms with Gasteiger partial charge < -0.3 is 19.5 Å². The van der Waals surface area contributed by atoms with Crippen LogP contribution < -0.4 is 5.32 Å². The normalized spacial score (nSPS) is 11.2. The Hall–Kier alpha value is -1.07. The molecule has 1 aromatic heterocycles. The third-order valence-electron chi connectivity index (χ3n) is 2.85. The standard InChI is InChI=1S/C14H28N4O/c1-5-19-11-6-8-15-14-16-13(2)12-18(14)10-7-9-17(3)4/h12H,5-11H2,1-4H3,(H,15,16). The second kappa shape index (κ2) is 8.93. The summed E-state index contributed by atoms with van der Waals surface area (Å²) >= 11 is 0. The number of hydrogen-bond acceptors (Lipinski definition) is 4. The fourth-order valence-electron chi connectivity index (χ4n) is 1.93. The number of aryl methyl sites for hydroxylation is 2. The van der Waals surface area contributed by atoms with Gasteiger partial charge in [-0.05, 0) is 47.3 Å². The molecule has 0 aliphatic rings. The van der Waals surface area contributed by atoms with Gasteiger partial charge in [0.25, 0.3) is 0 Å². The molecular formula is C14H28N4O. The molecule has 1 rings (SSSR count). The molecule has 0 aliphatic carbocycles. The first kappa shape index (κ1) is 16.0.